The minimum atomic E-state index is -0.272. The lowest BCUT2D eigenvalue weighted by Crippen LogP contribution is -2.36. The topological polar surface area (TPSA) is 41.6 Å². The van der Waals surface area contributed by atoms with Gasteiger partial charge in [-0.25, -0.2) is 0 Å². The fourth-order valence-electron chi connectivity index (χ4n) is 1.45. The van der Waals surface area contributed by atoms with Crippen molar-refractivity contribution in [3.05, 3.63) is 24.3 Å². The first kappa shape index (κ1) is 12.4. The van der Waals surface area contributed by atoms with Gasteiger partial charge in [-0.05, 0) is 19.1 Å². The molecular weight excluding hydrogens is 204 g/mol. The summed E-state index contributed by atoms with van der Waals surface area (Å²) in [5.74, 6) is 0.770. The van der Waals surface area contributed by atoms with Gasteiger partial charge in [-0.15, -0.1) is 0 Å². The zero-order chi connectivity index (χ0) is 12.1. The molecule has 0 fully saturated rings. The van der Waals surface area contributed by atoms with Crippen molar-refractivity contribution >= 4 is 11.6 Å². The Hall–Kier alpha value is -1.71. The summed E-state index contributed by atoms with van der Waals surface area (Å²) in [7, 11) is 5.09. The van der Waals surface area contributed by atoms with E-state index in [1.807, 2.05) is 31.2 Å². The summed E-state index contributed by atoms with van der Waals surface area (Å²) < 4.78 is 5.20. The second-order valence-electron chi connectivity index (χ2n) is 3.80. The molecule has 4 nitrogen and oxygen atoms in total. The molecule has 0 spiro atoms. The average molecular weight is 222 g/mol. The molecule has 0 heterocycles. The molecule has 88 valence electrons. The van der Waals surface area contributed by atoms with Crippen molar-refractivity contribution in [2.45, 2.75) is 13.0 Å². The van der Waals surface area contributed by atoms with Crippen molar-refractivity contribution in [2.24, 2.45) is 0 Å². The molecule has 0 aliphatic carbocycles. The van der Waals surface area contributed by atoms with E-state index in [2.05, 4.69) is 5.32 Å². The Balaban J connectivity index is 2.76. The molecule has 0 aromatic heterocycles. The zero-order valence-electron chi connectivity index (χ0n) is 10.2. The Morgan fingerprint density at radius 1 is 1.38 bits per heavy atom. The summed E-state index contributed by atoms with van der Waals surface area (Å²) in [6.07, 6.45) is 0. The standard InChI is InChI=1S/C12H18N2O2/c1-9(12(15)14(2)3)13-10-7-5-6-8-11(10)16-4/h5-9,13H,1-4H3. The molecule has 16 heavy (non-hydrogen) atoms. The molecule has 1 aromatic carbocycles. The number of para-hydroxylation sites is 2. The molecule has 1 N–H and O–H groups in total. The zero-order valence-corrected chi connectivity index (χ0v) is 10.2. The largest absolute Gasteiger partial charge is 0.495 e. The van der Waals surface area contributed by atoms with Crippen LogP contribution in [0, 0.1) is 0 Å². The van der Waals surface area contributed by atoms with Gasteiger partial charge in [0.25, 0.3) is 0 Å². The fraction of sp³-hybridized carbons (Fsp3) is 0.417. The number of nitrogens with zero attached hydrogens (tertiary/aromatic N) is 1. The van der Waals surface area contributed by atoms with E-state index in [4.69, 9.17) is 4.74 Å². The van der Waals surface area contributed by atoms with Gasteiger partial charge < -0.3 is 15.0 Å². The number of carbonyl (C=O) groups excluding carboxylic acids is 1. The molecule has 1 amide bonds. The van der Waals surface area contributed by atoms with Gasteiger partial charge in [0.05, 0.1) is 12.8 Å². The first-order valence-corrected chi connectivity index (χ1v) is 5.17. The Morgan fingerprint density at radius 2 is 2.00 bits per heavy atom. The van der Waals surface area contributed by atoms with Crippen LogP contribution < -0.4 is 10.1 Å². The van der Waals surface area contributed by atoms with Crippen LogP contribution in [0.2, 0.25) is 0 Å². The molecule has 0 aliphatic rings. The van der Waals surface area contributed by atoms with Crippen LogP contribution in [0.3, 0.4) is 0 Å². The van der Waals surface area contributed by atoms with Crippen LogP contribution >= 0.6 is 0 Å². The summed E-state index contributed by atoms with van der Waals surface area (Å²) in [5.41, 5.74) is 0.827. The van der Waals surface area contributed by atoms with Gasteiger partial charge in [-0.1, -0.05) is 12.1 Å². The third kappa shape index (κ3) is 2.89. The number of rotatable bonds is 4. The number of amides is 1. The SMILES string of the molecule is COc1ccccc1NC(C)C(=O)N(C)C. The number of benzene rings is 1. The maximum absolute atomic E-state index is 11.7. The molecule has 0 saturated carbocycles. The predicted molar refractivity (Wildman–Crippen MR) is 64.8 cm³/mol. The number of ether oxygens (including phenoxy) is 1. The number of likely N-dealkylation sites (N-methyl/N-ethyl adjacent to an activating group) is 1. The minimum Gasteiger partial charge on any atom is -0.495 e. The highest BCUT2D eigenvalue weighted by molar-refractivity contribution is 5.84. The van der Waals surface area contributed by atoms with Crippen molar-refractivity contribution in [2.75, 3.05) is 26.5 Å². The van der Waals surface area contributed by atoms with E-state index in [0.29, 0.717) is 0 Å². The Bertz CT molecular complexity index is 364. The summed E-state index contributed by atoms with van der Waals surface area (Å²) >= 11 is 0. The van der Waals surface area contributed by atoms with Gasteiger partial charge in [0.1, 0.15) is 11.8 Å². The molecule has 1 aromatic rings. The van der Waals surface area contributed by atoms with E-state index in [9.17, 15) is 4.79 Å². The van der Waals surface area contributed by atoms with Crippen molar-refractivity contribution in [3.63, 3.8) is 0 Å². The average Bonchev–Trinajstić information content (AvgIpc) is 2.28. The number of methoxy groups -OCH3 is 1. The quantitative estimate of drug-likeness (QED) is 0.841. The molecule has 0 bridgehead atoms. The van der Waals surface area contributed by atoms with Crippen LogP contribution in [-0.2, 0) is 4.79 Å². The highest BCUT2D eigenvalue weighted by Gasteiger charge is 2.15. The third-order valence-corrected chi connectivity index (χ3v) is 2.29. The van der Waals surface area contributed by atoms with Crippen LogP contribution in [0.25, 0.3) is 0 Å². The van der Waals surface area contributed by atoms with Crippen LogP contribution in [0.5, 0.6) is 5.75 Å². The van der Waals surface area contributed by atoms with Crippen LogP contribution in [-0.4, -0.2) is 38.1 Å². The van der Waals surface area contributed by atoms with E-state index < -0.39 is 0 Å². The molecule has 1 rings (SSSR count). The first-order valence-electron chi connectivity index (χ1n) is 5.17. The molecule has 0 saturated heterocycles. The Morgan fingerprint density at radius 3 is 2.56 bits per heavy atom. The van der Waals surface area contributed by atoms with Crippen LogP contribution in [0.15, 0.2) is 24.3 Å². The van der Waals surface area contributed by atoms with Crippen molar-refractivity contribution in [1.29, 1.82) is 0 Å². The van der Waals surface area contributed by atoms with E-state index in [1.54, 1.807) is 26.1 Å². The minimum absolute atomic E-state index is 0.0332. The summed E-state index contributed by atoms with van der Waals surface area (Å²) in [6.45, 7) is 1.83. The molecule has 0 radical (unpaired) electrons. The third-order valence-electron chi connectivity index (χ3n) is 2.29. The summed E-state index contributed by atoms with van der Waals surface area (Å²) in [4.78, 5) is 13.2. The maximum atomic E-state index is 11.7. The van der Waals surface area contributed by atoms with Gasteiger partial charge in [0.15, 0.2) is 0 Å². The smallest absolute Gasteiger partial charge is 0.244 e. The lowest BCUT2D eigenvalue weighted by molar-refractivity contribution is -0.129. The van der Waals surface area contributed by atoms with Gasteiger partial charge in [0, 0.05) is 14.1 Å². The maximum Gasteiger partial charge on any atom is 0.244 e. The second kappa shape index (κ2) is 5.39. The number of hydrogen-bond acceptors (Lipinski definition) is 3. The number of anilines is 1. The normalized spacial score (nSPS) is 11.8. The van der Waals surface area contributed by atoms with E-state index in [-0.39, 0.29) is 11.9 Å². The highest BCUT2D eigenvalue weighted by atomic mass is 16.5. The van der Waals surface area contributed by atoms with E-state index in [0.717, 1.165) is 11.4 Å². The predicted octanol–water partition coefficient (Wildman–Crippen LogP) is 1.58. The van der Waals surface area contributed by atoms with Crippen LogP contribution in [0.4, 0.5) is 5.69 Å². The fourth-order valence-corrected chi connectivity index (χ4v) is 1.45. The van der Waals surface area contributed by atoms with Crippen molar-refractivity contribution < 1.29 is 9.53 Å². The lowest BCUT2D eigenvalue weighted by Gasteiger charge is -2.20. The number of hydrogen-bond donors (Lipinski definition) is 1. The molecule has 1 unspecified atom stereocenters. The molecule has 0 aliphatic heterocycles. The Labute approximate surface area is 96.2 Å². The van der Waals surface area contributed by atoms with Gasteiger partial charge in [-0.2, -0.15) is 0 Å². The van der Waals surface area contributed by atoms with E-state index in [1.165, 1.54) is 0 Å². The monoisotopic (exact) mass is 222 g/mol. The summed E-state index contributed by atoms with van der Waals surface area (Å²) in [5, 5.41) is 3.13. The first-order chi connectivity index (χ1) is 7.56. The highest BCUT2D eigenvalue weighted by Crippen LogP contribution is 2.23. The number of nitrogens with one attached hydrogen (secondary N) is 1. The summed E-state index contributed by atoms with van der Waals surface area (Å²) in [6, 6.07) is 7.26. The van der Waals surface area contributed by atoms with Gasteiger partial charge in [-0.3, -0.25) is 4.79 Å². The van der Waals surface area contributed by atoms with Crippen molar-refractivity contribution in [1.82, 2.24) is 4.90 Å². The molecular formula is C12H18N2O2. The second-order valence-corrected chi connectivity index (χ2v) is 3.80. The lowest BCUT2D eigenvalue weighted by atomic mass is 10.2. The van der Waals surface area contributed by atoms with E-state index >= 15 is 0 Å². The molecule has 4 heteroatoms. The van der Waals surface area contributed by atoms with Crippen molar-refractivity contribution in [3.8, 4) is 5.75 Å². The number of carbonyl (C=O) groups is 1. The van der Waals surface area contributed by atoms with Gasteiger partial charge in [0.2, 0.25) is 5.91 Å². The Kier molecular flexibility index (Phi) is 4.17. The van der Waals surface area contributed by atoms with Gasteiger partial charge >= 0.3 is 0 Å². The van der Waals surface area contributed by atoms with Crippen LogP contribution in [0.1, 0.15) is 6.92 Å². The molecule has 1 atom stereocenters.